The Morgan fingerprint density at radius 1 is 1.17 bits per heavy atom. The van der Waals surface area contributed by atoms with Crippen LogP contribution >= 0.6 is 0 Å². The van der Waals surface area contributed by atoms with Crippen LogP contribution in [0.15, 0.2) is 48.2 Å². The van der Waals surface area contributed by atoms with Crippen molar-refractivity contribution in [3.05, 3.63) is 70.5 Å². The first-order chi connectivity index (χ1) is 14.3. The number of rotatable bonds is 9. The number of aromatic carboxylic acids is 1. The van der Waals surface area contributed by atoms with Crippen LogP contribution in [0, 0.1) is 22.1 Å². The van der Waals surface area contributed by atoms with Gasteiger partial charge in [-0.05, 0) is 23.8 Å². The molecule has 0 radical (unpaired) electrons. The Bertz CT molecular complexity index is 1050. The summed E-state index contributed by atoms with van der Waals surface area (Å²) in [6.07, 6.45) is 1.05. The fourth-order valence-corrected chi connectivity index (χ4v) is 2.48. The van der Waals surface area contributed by atoms with E-state index in [0.29, 0.717) is 12.2 Å². The number of aliphatic hydroxyl groups is 1. The van der Waals surface area contributed by atoms with Gasteiger partial charge in [0.1, 0.15) is 29.9 Å². The van der Waals surface area contributed by atoms with Crippen molar-refractivity contribution in [2.24, 2.45) is 0 Å². The SMILES string of the molecule is COCCOc1cc(N)c(C(=N)/C(O)=C/C(=N)c2ccc(C(=O)O)cc2)cc1C#N. The number of hydrogen-bond acceptors (Lipinski definition) is 8. The summed E-state index contributed by atoms with van der Waals surface area (Å²) in [4.78, 5) is 10.9. The molecule has 0 aliphatic rings. The van der Waals surface area contributed by atoms with E-state index >= 15 is 0 Å². The Morgan fingerprint density at radius 3 is 2.37 bits per heavy atom. The minimum absolute atomic E-state index is 0.0668. The highest BCUT2D eigenvalue weighted by Crippen LogP contribution is 2.27. The monoisotopic (exact) mass is 408 g/mol. The summed E-state index contributed by atoms with van der Waals surface area (Å²) in [5.41, 5.74) is 6.23. The van der Waals surface area contributed by atoms with Crippen LogP contribution in [0.1, 0.15) is 27.0 Å². The lowest BCUT2D eigenvalue weighted by molar-refractivity contribution is 0.0697. The van der Waals surface area contributed by atoms with Gasteiger partial charge >= 0.3 is 5.97 Å². The summed E-state index contributed by atoms with van der Waals surface area (Å²) >= 11 is 0. The second-order valence-corrected chi connectivity index (χ2v) is 6.09. The van der Waals surface area contributed by atoms with Crippen LogP contribution in [0.5, 0.6) is 5.75 Å². The molecular weight excluding hydrogens is 388 g/mol. The number of carboxylic acids is 1. The number of anilines is 1. The number of aliphatic hydroxyl groups excluding tert-OH is 1. The Hall–Kier alpha value is -4.16. The van der Waals surface area contributed by atoms with Gasteiger partial charge < -0.3 is 30.8 Å². The van der Waals surface area contributed by atoms with Crippen molar-refractivity contribution in [2.45, 2.75) is 0 Å². The molecule has 6 N–H and O–H groups in total. The molecule has 0 unspecified atom stereocenters. The number of hydrogen-bond donors (Lipinski definition) is 5. The molecule has 0 fully saturated rings. The van der Waals surface area contributed by atoms with Crippen molar-refractivity contribution >= 4 is 23.1 Å². The number of methoxy groups -OCH3 is 1. The highest BCUT2D eigenvalue weighted by molar-refractivity contribution is 6.17. The van der Waals surface area contributed by atoms with Crippen LogP contribution < -0.4 is 10.5 Å². The maximum atomic E-state index is 10.9. The number of nitrogens with one attached hydrogen (secondary N) is 2. The standard InChI is InChI=1S/C21H20N4O5/c1-29-6-7-30-19-10-17(24)15(8-14(19)11-22)20(25)18(26)9-16(23)12-2-4-13(5-3-12)21(27)28/h2-5,8-10,23,25-26H,6-7,24H2,1H3,(H,27,28)/b18-9-,23-16?,25-20?. The smallest absolute Gasteiger partial charge is 0.335 e. The van der Waals surface area contributed by atoms with E-state index in [1.54, 1.807) is 0 Å². The normalized spacial score (nSPS) is 10.9. The number of benzene rings is 2. The lowest BCUT2D eigenvalue weighted by Crippen LogP contribution is -2.11. The van der Waals surface area contributed by atoms with Crippen molar-refractivity contribution in [2.75, 3.05) is 26.1 Å². The van der Waals surface area contributed by atoms with Gasteiger partial charge in [0.15, 0.2) is 0 Å². The predicted molar refractivity (Wildman–Crippen MR) is 111 cm³/mol. The molecule has 0 aliphatic carbocycles. The first kappa shape index (κ1) is 22.1. The fraction of sp³-hybridized carbons (Fsp3) is 0.143. The van der Waals surface area contributed by atoms with Crippen molar-refractivity contribution in [3.8, 4) is 11.8 Å². The van der Waals surface area contributed by atoms with Gasteiger partial charge in [-0.3, -0.25) is 5.41 Å². The molecule has 0 bridgehead atoms. The third-order valence-electron chi connectivity index (χ3n) is 4.07. The molecule has 0 aliphatic heterocycles. The quantitative estimate of drug-likeness (QED) is 0.183. The Balaban J connectivity index is 2.26. The second-order valence-electron chi connectivity index (χ2n) is 6.09. The van der Waals surface area contributed by atoms with E-state index in [1.807, 2.05) is 6.07 Å². The zero-order valence-corrected chi connectivity index (χ0v) is 16.1. The molecule has 0 amide bonds. The molecule has 2 aromatic carbocycles. The largest absolute Gasteiger partial charge is 0.506 e. The van der Waals surface area contributed by atoms with E-state index in [4.69, 9.17) is 31.1 Å². The van der Waals surface area contributed by atoms with Gasteiger partial charge in [-0.25, -0.2) is 4.79 Å². The third-order valence-corrected chi connectivity index (χ3v) is 4.07. The van der Waals surface area contributed by atoms with Crippen LogP contribution in [-0.2, 0) is 4.74 Å². The van der Waals surface area contributed by atoms with Crippen molar-refractivity contribution in [1.82, 2.24) is 0 Å². The van der Waals surface area contributed by atoms with Gasteiger partial charge in [0.25, 0.3) is 0 Å². The van der Waals surface area contributed by atoms with E-state index in [1.165, 1.54) is 43.5 Å². The summed E-state index contributed by atoms with van der Waals surface area (Å²) in [7, 11) is 1.51. The maximum absolute atomic E-state index is 10.9. The van der Waals surface area contributed by atoms with Crippen LogP contribution in [0.3, 0.4) is 0 Å². The lowest BCUT2D eigenvalue weighted by Gasteiger charge is -2.12. The minimum Gasteiger partial charge on any atom is -0.506 e. The molecule has 154 valence electrons. The summed E-state index contributed by atoms with van der Waals surface area (Å²) in [6, 6.07) is 10.2. The molecule has 0 heterocycles. The molecular formula is C21H20N4O5. The molecule has 2 rings (SSSR count). The van der Waals surface area contributed by atoms with Crippen LogP contribution in [0.4, 0.5) is 5.69 Å². The third kappa shape index (κ3) is 5.21. The van der Waals surface area contributed by atoms with E-state index in [-0.39, 0.29) is 46.2 Å². The van der Waals surface area contributed by atoms with Gasteiger partial charge in [-0.15, -0.1) is 0 Å². The highest BCUT2D eigenvalue weighted by atomic mass is 16.5. The van der Waals surface area contributed by atoms with Crippen LogP contribution in [0.25, 0.3) is 0 Å². The number of nitrogens with zero attached hydrogens (tertiary/aromatic N) is 1. The Kier molecular flexibility index (Phi) is 7.27. The van der Waals surface area contributed by atoms with Gasteiger partial charge in [-0.2, -0.15) is 5.26 Å². The van der Waals surface area contributed by atoms with E-state index in [0.717, 1.165) is 6.08 Å². The summed E-state index contributed by atoms with van der Waals surface area (Å²) < 4.78 is 10.3. The van der Waals surface area contributed by atoms with Crippen molar-refractivity contribution in [3.63, 3.8) is 0 Å². The predicted octanol–water partition coefficient (Wildman–Crippen LogP) is 2.74. The average Bonchev–Trinajstić information content (AvgIpc) is 2.73. The molecule has 9 heteroatoms. The second kappa shape index (κ2) is 9.86. The maximum Gasteiger partial charge on any atom is 0.335 e. The molecule has 0 saturated carbocycles. The fourth-order valence-electron chi connectivity index (χ4n) is 2.48. The topological polar surface area (TPSA) is 174 Å². The van der Waals surface area contributed by atoms with Crippen LogP contribution in [-0.4, -0.2) is 47.9 Å². The van der Waals surface area contributed by atoms with Crippen molar-refractivity contribution < 1.29 is 24.5 Å². The number of nitriles is 1. The first-order valence-corrected chi connectivity index (χ1v) is 8.66. The molecule has 9 nitrogen and oxygen atoms in total. The zero-order chi connectivity index (χ0) is 22.3. The minimum atomic E-state index is -1.09. The van der Waals surface area contributed by atoms with Gasteiger partial charge in [-0.1, -0.05) is 12.1 Å². The molecule has 30 heavy (non-hydrogen) atoms. The Morgan fingerprint density at radius 2 is 1.80 bits per heavy atom. The van der Waals surface area contributed by atoms with Gasteiger partial charge in [0.05, 0.1) is 23.4 Å². The Labute approximate surface area is 172 Å². The average molecular weight is 408 g/mol. The van der Waals surface area contributed by atoms with Crippen molar-refractivity contribution in [1.29, 1.82) is 16.1 Å². The number of allylic oxidation sites excluding steroid dienone is 2. The van der Waals surface area contributed by atoms with Gasteiger partial charge in [0.2, 0.25) is 0 Å². The number of ether oxygens (including phenoxy) is 2. The van der Waals surface area contributed by atoms with E-state index < -0.39 is 11.7 Å². The number of nitrogens with two attached hydrogens (primary N) is 1. The molecule has 0 aromatic heterocycles. The molecule has 0 spiro atoms. The molecule has 0 atom stereocenters. The lowest BCUT2D eigenvalue weighted by atomic mass is 10.0. The van der Waals surface area contributed by atoms with E-state index in [2.05, 4.69) is 0 Å². The summed E-state index contributed by atoms with van der Waals surface area (Å²) in [5, 5.41) is 44.8. The highest BCUT2D eigenvalue weighted by Gasteiger charge is 2.16. The molecule has 0 saturated heterocycles. The zero-order valence-electron chi connectivity index (χ0n) is 16.1. The first-order valence-electron chi connectivity index (χ1n) is 8.66. The van der Waals surface area contributed by atoms with E-state index in [9.17, 15) is 15.2 Å². The van der Waals surface area contributed by atoms with Gasteiger partial charge in [0, 0.05) is 30.5 Å². The molecule has 2 aromatic rings. The van der Waals surface area contributed by atoms with Crippen LogP contribution in [0.2, 0.25) is 0 Å². The number of carbonyl (C=O) groups is 1. The summed E-state index contributed by atoms with van der Waals surface area (Å²) in [5.74, 6) is -1.39. The number of nitrogen functional groups attached to an aromatic ring is 1. The number of carboxylic acid groups (broad SMARTS) is 1. The summed E-state index contributed by atoms with van der Waals surface area (Å²) in [6.45, 7) is 0.534.